The van der Waals surface area contributed by atoms with Gasteiger partial charge in [-0.3, -0.25) is 4.79 Å². The lowest BCUT2D eigenvalue weighted by molar-refractivity contribution is -0.113. The normalized spacial score (nSPS) is 10.6. The fourth-order valence-electron chi connectivity index (χ4n) is 2.09. The first kappa shape index (κ1) is 18.1. The molecule has 0 radical (unpaired) electrons. The zero-order valence-electron chi connectivity index (χ0n) is 13.2. The van der Waals surface area contributed by atoms with E-state index in [-0.39, 0.29) is 11.7 Å². The number of hydrogen-bond acceptors (Lipinski definition) is 5. The van der Waals surface area contributed by atoms with E-state index >= 15 is 0 Å². The van der Waals surface area contributed by atoms with Crippen LogP contribution >= 0.6 is 46.9 Å². The number of aromatic nitrogens is 2. The Kier molecular flexibility index (Phi) is 5.90. The number of hydrogen-bond donors (Lipinski definition) is 1. The third-order valence-electron chi connectivity index (χ3n) is 3.35. The van der Waals surface area contributed by atoms with Gasteiger partial charge in [-0.1, -0.05) is 52.9 Å². The third-order valence-corrected chi connectivity index (χ3v) is 5.96. The molecule has 8 heteroatoms. The summed E-state index contributed by atoms with van der Waals surface area (Å²) in [5, 5.41) is 8.05. The van der Waals surface area contributed by atoms with Gasteiger partial charge in [0.15, 0.2) is 8.29 Å². The number of nitrogens with one attached hydrogen (secondary N) is 1. The molecule has 2 aromatic carbocycles. The maximum Gasteiger partial charge on any atom is 0.234 e. The highest BCUT2D eigenvalue weighted by Gasteiger charge is 2.10. The molecule has 0 fully saturated rings. The lowest BCUT2D eigenvalue weighted by atomic mass is 10.2. The maximum absolute atomic E-state index is 12.1. The standard InChI is InChI=1S/C17H14ClN3OS3/c1-11-4-2-3-5-14(11)19-15(22)10-24-16-20-21(17(23)25-16)13-8-6-12(18)7-9-13/h2-9H,10H2,1H3,(H,19,22). The number of rotatable bonds is 5. The Morgan fingerprint density at radius 1 is 1.28 bits per heavy atom. The topological polar surface area (TPSA) is 46.9 Å². The zero-order chi connectivity index (χ0) is 17.8. The van der Waals surface area contributed by atoms with Gasteiger partial charge in [0.25, 0.3) is 0 Å². The van der Waals surface area contributed by atoms with Crippen molar-refractivity contribution in [3.8, 4) is 5.69 Å². The van der Waals surface area contributed by atoms with E-state index in [9.17, 15) is 4.79 Å². The first-order valence-electron chi connectivity index (χ1n) is 7.37. The maximum atomic E-state index is 12.1. The molecule has 4 nitrogen and oxygen atoms in total. The van der Waals surface area contributed by atoms with Crippen molar-refractivity contribution in [1.29, 1.82) is 0 Å². The Bertz CT molecular complexity index is 950. The molecule has 0 atom stereocenters. The summed E-state index contributed by atoms with van der Waals surface area (Å²) in [6.07, 6.45) is 0. The largest absolute Gasteiger partial charge is 0.325 e. The Morgan fingerprint density at radius 2 is 2.00 bits per heavy atom. The SMILES string of the molecule is Cc1ccccc1NC(=O)CSc1nn(-c2ccc(Cl)cc2)c(=S)s1. The molecule has 0 bridgehead atoms. The van der Waals surface area contributed by atoms with Crippen LogP contribution < -0.4 is 5.32 Å². The van der Waals surface area contributed by atoms with Crippen molar-refractivity contribution in [2.24, 2.45) is 0 Å². The highest BCUT2D eigenvalue weighted by atomic mass is 35.5. The molecule has 0 aliphatic carbocycles. The van der Waals surface area contributed by atoms with E-state index < -0.39 is 0 Å². The Morgan fingerprint density at radius 3 is 2.72 bits per heavy atom. The molecule has 1 N–H and O–H groups in total. The van der Waals surface area contributed by atoms with Crippen LogP contribution in [0.15, 0.2) is 52.9 Å². The lowest BCUT2D eigenvalue weighted by Gasteiger charge is -2.06. The minimum Gasteiger partial charge on any atom is -0.325 e. The summed E-state index contributed by atoms with van der Waals surface area (Å²) in [5.74, 6) is 0.204. The van der Waals surface area contributed by atoms with Crippen LogP contribution in [-0.2, 0) is 4.79 Å². The number of benzene rings is 2. The number of thioether (sulfide) groups is 1. The highest BCUT2D eigenvalue weighted by Crippen LogP contribution is 2.25. The van der Waals surface area contributed by atoms with E-state index in [1.165, 1.54) is 23.1 Å². The van der Waals surface area contributed by atoms with Crippen LogP contribution in [0, 0.1) is 10.9 Å². The number of amides is 1. The smallest absolute Gasteiger partial charge is 0.234 e. The molecule has 25 heavy (non-hydrogen) atoms. The minimum atomic E-state index is -0.0709. The van der Waals surface area contributed by atoms with E-state index in [0.29, 0.717) is 8.98 Å². The van der Waals surface area contributed by atoms with Gasteiger partial charge in [0.1, 0.15) is 0 Å². The van der Waals surface area contributed by atoms with Gasteiger partial charge in [0.05, 0.1) is 11.4 Å². The molecule has 0 unspecified atom stereocenters. The molecule has 3 aromatic rings. The molecular formula is C17H14ClN3OS3. The van der Waals surface area contributed by atoms with Crippen molar-refractivity contribution in [3.05, 3.63) is 63.1 Å². The third kappa shape index (κ3) is 4.70. The Hall–Kier alpha value is -1.67. The molecular weight excluding hydrogens is 394 g/mol. The molecule has 0 aliphatic heterocycles. The van der Waals surface area contributed by atoms with Crippen LogP contribution in [0.1, 0.15) is 5.56 Å². The number of nitrogens with zero attached hydrogens (tertiary/aromatic N) is 2. The highest BCUT2D eigenvalue weighted by molar-refractivity contribution is 8.01. The zero-order valence-corrected chi connectivity index (χ0v) is 16.4. The van der Waals surface area contributed by atoms with Gasteiger partial charge in [-0.15, -0.1) is 5.10 Å². The number of carbonyl (C=O) groups excluding carboxylic acids is 1. The van der Waals surface area contributed by atoms with Crippen molar-refractivity contribution in [1.82, 2.24) is 9.78 Å². The van der Waals surface area contributed by atoms with Gasteiger partial charge in [0.2, 0.25) is 5.91 Å². The summed E-state index contributed by atoms with van der Waals surface area (Å²) in [5.41, 5.74) is 2.71. The van der Waals surface area contributed by atoms with Crippen LogP contribution in [-0.4, -0.2) is 21.4 Å². The van der Waals surface area contributed by atoms with E-state index in [1.54, 1.807) is 16.8 Å². The van der Waals surface area contributed by atoms with Crippen LogP contribution in [0.2, 0.25) is 5.02 Å². The lowest BCUT2D eigenvalue weighted by Crippen LogP contribution is -2.14. The number of halogens is 1. The minimum absolute atomic E-state index is 0.0709. The second-order valence-corrected chi connectivity index (χ2v) is 8.46. The summed E-state index contributed by atoms with van der Waals surface area (Å²) in [7, 11) is 0. The van der Waals surface area contributed by atoms with E-state index in [2.05, 4.69) is 10.4 Å². The quantitative estimate of drug-likeness (QED) is 0.457. The molecule has 128 valence electrons. The summed E-state index contributed by atoms with van der Waals surface area (Å²) < 4.78 is 3.06. The summed E-state index contributed by atoms with van der Waals surface area (Å²) in [6, 6.07) is 15.0. The number of aryl methyl sites for hydroxylation is 1. The molecule has 0 saturated carbocycles. The fourth-order valence-corrected chi connectivity index (χ4v) is 4.38. The number of anilines is 1. The molecule has 0 aliphatic rings. The average Bonchev–Trinajstić information content (AvgIpc) is 2.97. The summed E-state index contributed by atoms with van der Waals surface area (Å²) in [4.78, 5) is 12.1. The molecule has 0 spiro atoms. The van der Waals surface area contributed by atoms with Gasteiger partial charge >= 0.3 is 0 Å². The van der Waals surface area contributed by atoms with Gasteiger partial charge in [-0.05, 0) is 55.0 Å². The van der Waals surface area contributed by atoms with Gasteiger partial charge in [0, 0.05) is 10.7 Å². The second-order valence-electron chi connectivity index (χ2n) is 5.17. The monoisotopic (exact) mass is 407 g/mol. The van der Waals surface area contributed by atoms with Gasteiger partial charge in [-0.25, -0.2) is 4.68 Å². The summed E-state index contributed by atoms with van der Waals surface area (Å²) in [6.45, 7) is 1.96. The number of para-hydroxylation sites is 1. The van der Waals surface area contributed by atoms with Crippen LogP contribution in [0.25, 0.3) is 5.69 Å². The van der Waals surface area contributed by atoms with Crippen molar-refractivity contribution < 1.29 is 4.79 Å². The number of carbonyl (C=O) groups is 1. The van der Waals surface area contributed by atoms with Crippen molar-refractivity contribution >= 4 is 58.5 Å². The first-order chi connectivity index (χ1) is 12.0. The molecule has 1 heterocycles. The molecule has 0 saturated heterocycles. The fraction of sp³-hybridized carbons (Fsp3) is 0.118. The molecule has 1 aromatic heterocycles. The average molecular weight is 408 g/mol. The predicted octanol–water partition coefficient (Wildman–Crippen LogP) is 5.36. The van der Waals surface area contributed by atoms with E-state index in [4.69, 9.17) is 23.8 Å². The Balaban J connectivity index is 1.65. The predicted molar refractivity (Wildman–Crippen MR) is 108 cm³/mol. The molecule has 3 rings (SSSR count). The van der Waals surface area contributed by atoms with E-state index in [1.807, 2.05) is 43.3 Å². The second kappa shape index (κ2) is 8.14. The van der Waals surface area contributed by atoms with E-state index in [0.717, 1.165) is 21.3 Å². The van der Waals surface area contributed by atoms with Crippen LogP contribution in [0.3, 0.4) is 0 Å². The Labute approximate surface area is 163 Å². The van der Waals surface area contributed by atoms with Crippen molar-refractivity contribution in [3.63, 3.8) is 0 Å². The van der Waals surface area contributed by atoms with Crippen LogP contribution in [0.4, 0.5) is 5.69 Å². The van der Waals surface area contributed by atoms with Crippen LogP contribution in [0.5, 0.6) is 0 Å². The van der Waals surface area contributed by atoms with Gasteiger partial charge < -0.3 is 5.32 Å². The van der Waals surface area contributed by atoms with Gasteiger partial charge in [-0.2, -0.15) is 0 Å². The van der Waals surface area contributed by atoms with Crippen molar-refractivity contribution in [2.45, 2.75) is 11.3 Å². The first-order valence-corrected chi connectivity index (χ1v) is 9.96. The summed E-state index contributed by atoms with van der Waals surface area (Å²) >= 11 is 14.0. The molecule has 1 amide bonds. The van der Waals surface area contributed by atoms with Crippen molar-refractivity contribution in [2.75, 3.05) is 11.1 Å².